The number of amides is 2. The Morgan fingerprint density at radius 1 is 1.29 bits per heavy atom. The van der Waals surface area contributed by atoms with Crippen LogP contribution < -0.4 is 10.6 Å². The van der Waals surface area contributed by atoms with Gasteiger partial charge in [-0.15, -0.1) is 11.8 Å². The Labute approximate surface area is 150 Å². The van der Waals surface area contributed by atoms with Gasteiger partial charge >= 0.3 is 0 Å². The minimum Gasteiger partial charge on any atom is -0.346 e. The Morgan fingerprint density at radius 3 is 2.83 bits per heavy atom. The van der Waals surface area contributed by atoms with Crippen LogP contribution in [0.5, 0.6) is 0 Å². The highest BCUT2D eigenvalue weighted by Crippen LogP contribution is 2.36. The van der Waals surface area contributed by atoms with Crippen molar-refractivity contribution in [2.24, 2.45) is 0 Å². The maximum absolute atomic E-state index is 12.5. The van der Waals surface area contributed by atoms with Crippen molar-refractivity contribution in [1.82, 2.24) is 5.32 Å². The summed E-state index contributed by atoms with van der Waals surface area (Å²) in [4.78, 5) is 25.2. The third-order valence-corrected chi connectivity index (χ3v) is 5.28. The highest BCUT2D eigenvalue weighted by molar-refractivity contribution is 8.00. The van der Waals surface area contributed by atoms with E-state index in [2.05, 4.69) is 10.6 Å². The maximum Gasteiger partial charge on any atom is 0.251 e. The van der Waals surface area contributed by atoms with Crippen molar-refractivity contribution >= 4 is 40.9 Å². The van der Waals surface area contributed by atoms with Crippen LogP contribution in [0.25, 0.3) is 0 Å². The molecule has 0 aromatic heterocycles. The number of fused-ring (bicyclic) bond motifs is 1. The van der Waals surface area contributed by atoms with E-state index in [1.54, 1.807) is 18.2 Å². The number of carbonyl (C=O) groups excluding carboxylic acids is 2. The smallest absolute Gasteiger partial charge is 0.251 e. The standard InChI is InChI=1S/C18H17ClN2O2S/c1-10(12-4-3-5-14(19)8-12)20-18(23)13-6-7-16-15(9-13)21-17(22)11(2)24-16/h3-11H,1-2H3,(H,20,23)(H,21,22). The van der Waals surface area contributed by atoms with Crippen LogP contribution in [0.2, 0.25) is 5.02 Å². The van der Waals surface area contributed by atoms with Gasteiger partial charge in [0.05, 0.1) is 17.0 Å². The molecule has 2 aromatic rings. The topological polar surface area (TPSA) is 58.2 Å². The Morgan fingerprint density at radius 2 is 2.08 bits per heavy atom. The molecule has 0 saturated heterocycles. The Hall–Kier alpha value is -1.98. The fourth-order valence-corrected chi connectivity index (χ4v) is 3.62. The van der Waals surface area contributed by atoms with E-state index in [0.29, 0.717) is 16.3 Å². The molecule has 2 unspecified atom stereocenters. The summed E-state index contributed by atoms with van der Waals surface area (Å²) in [5.74, 6) is -0.236. The van der Waals surface area contributed by atoms with Crippen LogP contribution in [0.4, 0.5) is 5.69 Å². The number of halogens is 1. The fourth-order valence-electron chi connectivity index (χ4n) is 2.49. The van der Waals surface area contributed by atoms with Gasteiger partial charge in [-0.2, -0.15) is 0 Å². The second-order valence-corrected chi connectivity index (χ2v) is 7.53. The van der Waals surface area contributed by atoms with Gasteiger partial charge in [0.1, 0.15) is 0 Å². The molecule has 2 atom stereocenters. The molecule has 3 rings (SSSR count). The predicted molar refractivity (Wildman–Crippen MR) is 97.7 cm³/mol. The van der Waals surface area contributed by atoms with Crippen molar-refractivity contribution in [1.29, 1.82) is 0 Å². The summed E-state index contributed by atoms with van der Waals surface area (Å²) < 4.78 is 0. The summed E-state index contributed by atoms with van der Waals surface area (Å²) >= 11 is 7.49. The van der Waals surface area contributed by atoms with Gasteiger partial charge in [-0.05, 0) is 49.7 Å². The number of thioether (sulfide) groups is 1. The van der Waals surface area contributed by atoms with Crippen LogP contribution in [-0.2, 0) is 4.79 Å². The quantitative estimate of drug-likeness (QED) is 0.859. The van der Waals surface area contributed by atoms with Gasteiger partial charge in [-0.25, -0.2) is 0 Å². The molecule has 124 valence electrons. The number of hydrogen-bond acceptors (Lipinski definition) is 3. The molecule has 1 heterocycles. The molecule has 0 saturated carbocycles. The Kier molecular flexibility index (Phi) is 4.83. The second kappa shape index (κ2) is 6.87. The molecule has 2 N–H and O–H groups in total. The van der Waals surface area contributed by atoms with Gasteiger partial charge in [0.15, 0.2) is 0 Å². The molecule has 24 heavy (non-hydrogen) atoms. The number of benzene rings is 2. The van der Waals surface area contributed by atoms with Crippen LogP contribution >= 0.6 is 23.4 Å². The summed E-state index contributed by atoms with van der Waals surface area (Å²) in [6, 6.07) is 12.6. The first-order chi connectivity index (χ1) is 11.4. The first-order valence-corrected chi connectivity index (χ1v) is 8.87. The average Bonchev–Trinajstić information content (AvgIpc) is 2.55. The normalized spacial score (nSPS) is 17.6. The van der Waals surface area contributed by atoms with E-state index >= 15 is 0 Å². The molecule has 1 aliphatic heterocycles. The number of hydrogen-bond donors (Lipinski definition) is 2. The first kappa shape index (κ1) is 16.9. The SMILES string of the molecule is CC1Sc2ccc(C(=O)NC(C)c3cccc(Cl)c3)cc2NC1=O. The lowest BCUT2D eigenvalue weighted by molar-refractivity contribution is -0.115. The lowest BCUT2D eigenvalue weighted by Crippen LogP contribution is -2.28. The van der Waals surface area contributed by atoms with Gasteiger partial charge in [0.2, 0.25) is 5.91 Å². The number of carbonyl (C=O) groups is 2. The van der Waals surface area contributed by atoms with Crippen LogP contribution in [-0.4, -0.2) is 17.1 Å². The molecule has 1 aliphatic rings. The maximum atomic E-state index is 12.5. The van der Waals surface area contributed by atoms with E-state index in [-0.39, 0.29) is 23.1 Å². The third-order valence-electron chi connectivity index (χ3n) is 3.87. The predicted octanol–water partition coefficient (Wildman–Crippen LogP) is 4.26. The van der Waals surface area contributed by atoms with Crippen LogP contribution in [0.15, 0.2) is 47.4 Å². The number of nitrogens with one attached hydrogen (secondary N) is 2. The van der Waals surface area contributed by atoms with Crippen LogP contribution in [0.1, 0.15) is 35.8 Å². The molecule has 0 bridgehead atoms. The summed E-state index contributed by atoms with van der Waals surface area (Å²) in [6.07, 6.45) is 0. The summed E-state index contributed by atoms with van der Waals surface area (Å²) in [5.41, 5.74) is 2.13. The molecule has 0 fully saturated rings. The number of rotatable bonds is 3. The van der Waals surface area contributed by atoms with Crippen molar-refractivity contribution in [2.75, 3.05) is 5.32 Å². The second-order valence-electron chi connectivity index (χ2n) is 5.71. The van der Waals surface area contributed by atoms with Gasteiger partial charge in [-0.3, -0.25) is 9.59 Å². The Bertz CT molecular complexity index is 809. The summed E-state index contributed by atoms with van der Waals surface area (Å²) in [7, 11) is 0. The molecular weight excluding hydrogens is 344 g/mol. The molecule has 0 aliphatic carbocycles. The van der Waals surface area contributed by atoms with Crippen molar-refractivity contribution < 1.29 is 9.59 Å². The monoisotopic (exact) mass is 360 g/mol. The van der Waals surface area contributed by atoms with Gasteiger partial charge < -0.3 is 10.6 Å². The van der Waals surface area contributed by atoms with E-state index in [9.17, 15) is 9.59 Å². The molecule has 4 nitrogen and oxygen atoms in total. The molecule has 2 aromatic carbocycles. The van der Waals surface area contributed by atoms with E-state index in [0.717, 1.165) is 10.5 Å². The largest absolute Gasteiger partial charge is 0.346 e. The summed E-state index contributed by atoms with van der Waals surface area (Å²) in [6.45, 7) is 3.76. The van der Waals surface area contributed by atoms with Crippen molar-refractivity contribution in [3.05, 3.63) is 58.6 Å². The van der Waals surface area contributed by atoms with Gasteiger partial charge in [-0.1, -0.05) is 23.7 Å². The summed E-state index contributed by atoms with van der Waals surface area (Å²) in [5, 5.41) is 6.30. The number of anilines is 1. The average molecular weight is 361 g/mol. The van der Waals surface area contributed by atoms with E-state index in [1.807, 2.05) is 38.1 Å². The van der Waals surface area contributed by atoms with Crippen LogP contribution in [0.3, 0.4) is 0 Å². The molecule has 0 spiro atoms. The van der Waals surface area contributed by atoms with Crippen molar-refractivity contribution in [3.63, 3.8) is 0 Å². The molecule has 0 radical (unpaired) electrons. The zero-order chi connectivity index (χ0) is 17.3. The van der Waals surface area contributed by atoms with E-state index < -0.39 is 0 Å². The molecule has 2 amide bonds. The minimum atomic E-state index is -0.192. The fraction of sp³-hybridized carbons (Fsp3) is 0.222. The van der Waals surface area contributed by atoms with Crippen LogP contribution in [0, 0.1) is 0 Å². The highest BCUT2D eigenvalue weighted by Gasteiger charge is 2.24. The van der Waals surface area contributed by atoms with Gasteiger partial charge in [0.25, 0.3) is 5.91 Å². The highest BCUT2D eigenvalue weighted by atomic mass is 35.5. The molecule has 6 heteroatoms. The zero-order valence-corrected chi connectivity index (χ0v) is 14.9. The van der Waals surface area contributed by atoms with E-state index in [4.69, 9.17) is 11.6 Å². The van der Waals surface area contributed by atoms with Crippen molar-refractivity contribution in [2.45, 2.75) is 30.0 Å². The van der Waals surface area contributed by atoms with Crippen molar-refractivity contribution in [3.8, 4) is 0 Å². The third kappa shape index (κ3) is 3.57. The Balaban J connectivity index is 1.76. The minimum absolute atomic E-state index is 0.0441. The lowest BCUT2D eigenvalue weighted by atomic mass is 10.1. The zero-order valence-electron chi connectivity index (χ0n) is 13.3. The lowest BCUT2D eigenvalue weighted by Gasteiger charge is -2.22. The molecular formula is C18H17ClN2O2S. The van der Waals surface area contributed by atoms with Gasteiger partial charge in [0, 0.05) is 15.5 Å². The van der Waals surface area contributed by atoms with E-state index in [1.165, 1.54) is 11.8 Å². The first-order valence-electron chi connectivity index (χ1n) is 7.62.